The zero-order valence-electron chi connectivity index (χ0n) is 11.2. The number of aliphatic carboxylic acids is 1. The lowest BCUT2D eigenvalue weighted by Gasteiger charge is -2.27. The Morgan fingerprint density at radius 3 is 2.37 bits per heavy atom. The van der Waals surface area contributed by atoms with E-state index in [0.29, 0.717) is 35.6 Å². The first-order chi connectivity index (χ1) is 8.91. The van der Waals surface area contributed by atoms with Gasteiger partial charge in [0.25, 0.3) is 0 Å². The second-order valence-electron chi connectivity index (χ2n) is 4.76. The molecule has 0 fully saturated rings. The van der Waals surface area contributed by atoms with Gasteiger partial charge in [-0.15, -0.1) is 0 Å². The predicted octanol–water partition coefficient (Wildman–Crippen LogP) is 4.07. The minimum atomic E-state index is -0.764. The van der Waals surface area contributed by atoms with Crippen molar-refractivity contribution in [2.75, 3.05) is 6.54 Å². The first kappa shape index (κ1) is 16.3. The Kier molecular flexibility index (Phi) is 6.63. The van der Waals surface area contributed by atoms with Crippen LogP contribution in [0.3, 0.4) is 0 Å². The van der Waals surface area contributed by atoms with Crippen molar-refractivity contribution in [3.05, 3.63) is 33.8 Å². The number of hydrogen-bond donors (Lipinski definition) is 1. The SMILES string of the molecule is CC(C)N(CCCC(=O)O)Cc1c(Cl)cccc1Cl. The molecule has 1 rings (SSSR count). The van der Waals surface area contributed by atoms with E-state index in [1.807, 2.05) is 18.2 Å². The van der Waals surface area contributed by atoms with E-state index in [1.54, 1.807) is 0 Å². The van der Waals surface area contributed by atoms with Gasteiger partial charge in [0.1, 0.15) is 0 Å². The van der Waals surface area contributed by atoms with Gasteiger partial charge in [-0.05, 0) is 38.9 Å². The van der Waals surface area contributed by atoms with E-state index in [1.165, 1.54) is 0 Å². The molecule has 1 N–H and O–H groups in total. The van der Waals surface area contributed by atoms with Crippen LogP contribution in [0.5, 0.6) is 0 Å². The van der Waals surface area contributed by atoms with Crippen molar-refractivity contribution in [3.63, 3.8) is 0 Å². The summed E-state index contributed by atoms with van der Waals surface area (Å²) in [6.45, 7) is 5.50. The lowest BCUT2D eigenvalue weighted by molar-refractivity contribution is -0.137. The van der Waals surface area contributed by atoms with Gasteiger partial charge in [0.2, 0.25) is 0 Å². The molecule has 1 aromatic carbocycles. The van der Waals surface area contributed by atoms with Crippen molar-refractivity contribution in [3.8, 4) is 0 Å². The highest BCUT2D eigenvalue weighted by atomic mass is 35.5. The van der Waals surface area contributed by atoms with Crippen molar-refractivity contribution < 1.29 is 9.90 Å². The van der Waals surface area contributed by atoms with Gasteiger partial charge in [-0.2, -0.15) is 0 Å². The second kappa shape index (κ2) is 7.73. The molecule has 0 aromatic heterocycles. The minimum absolute atomic E-state index is 0.180. The molecule has 0 saturated heterocycles. The lowest BCUT2D eigenvalue weighted by Crippen LogP contribution is -2.31. The summed E-state index contributed by atoms with van der Waals surface area (Å²) in [6.07, 6.45) is 0.801. The molecule has 0 radical (unpaired) electrons. The average Bonchev–Trinajstić information content (AvgIpc) is 2.31. The molecule has 0 amide bonds. The van der Waals surface area contributed by atoms with Gasteiger partial charge in [0.05, 0.1) is 0 Å². The third-order valence-corrected chi connectivity index (χ3v) is 3.70. The number of carboxylic acid groups (broad SMARTS) is 1. The summed E-state index contributed by atoms with van der Waals surface area (Å²) >= 11 is 12.3. The van der Waals surface area contributed by atoms with Gasteiger partial charge in [0.15, 0.2) is 0 Å². The van der Waals surface area contributed by atoms with Crippen LogP contribution in [0.4, 0.5) is 0 Å². The fourth-order valence-electron chi connectivity index (χ4n) is 1.84. The number of hydrogen-bond acceptors (Lipinski definition) is 2. The molecule has 0 bridgehead atoms. The van der Waals surface area contributed by atoms with Crippen molar-refractivity contribution >= 4 is 29.2 Å². The van der Waals surface area contributed by atoms with Gasteiger partial charge in [-0.25, -0.2) is 0 Å². The van der Waals surface area contributed by atoms with Crippen molar-refractivity contribution in [1.82, 2.24) is 4.90 Å². The molecule has 0 heterocycles. The Hall–Kier alpha value is -0.770. The van der Waals surface area contributed by atoms with Gasteiger partial charge in [0, 0.05) is 34.6 Å². The van der Waals surface area contributed by atoms with E-state index >= 15 is 0 Å². The Labute approximate surface area is 124 Å². The van der Waals surface area contributed by atoms with Crippen LogP contribution in [0.15, 0.2) is 18.2 Å². The summed E-state index contributed by atoms with van der Waals surface area (Å²) in [5, 5.41) is 9.98. The standard InChI is InChI=1S/C14H19Cl2NO2/c1-10(2)17(8-4-7-14(18)19)9-11-12(15)5-3-6-13(11)16/h3,5-6,10H,4,7-9H2,1-2H3,(H,18,19). The molecule has 19 heavy (non-hydrogen) atoms. The van der Waals surface area contributed by atoms with E-state index in [2.05, 4.69) is 18.7 Å². The number of rotatable bonds is 7. The molecule has 0 aliphatic heterocycles. The maximum Gasteiger partial charge on any atom is 0.303 e. The minimum Gasteiger partial charge on any atom is -0.481 e. The van der Waals surface area contributed by atoms with Gasteiger partial charge in [-0.3, -0.25) is 9.69 Å². The fraction of sp³-hybridized carbons (Fsp3) is 0.500. The molecule has 0 spiro atoms. The molecule has 0 aliphatic carbocycles. The molecule has 0 aliphatic rings. The number of benzene rings is 1. The number of nitrogens with zero attached hydrogens (tertiary/aromatic N) is 1. The van der Waals surface area contributed by atoms with E-state index in [-0.39, 0.29) is 6.42 Å². The summed E-state index contributed by atoms with van der Waals surface area (Å²) < 4.78 is 0. The maximum absolute atomic E-state index is 10.6. The highest BCUT2D eigenvalue weighted by molar-refractivity contribution is 6.35. The topological polar surface area (TPSA) is 40.5 Å². The Bertz CT molecular complexity index is 415. The van der Waals surface area contributed by atoms with Crippen LogP contribution < -0.4 is 0 Å². The van der Waals surface area contributed by atoms with E-state index < -0.39 is 5.97 Å². The number of carbonyl (C=O) groups is 1. The van der Waals surface area contributed by atoms with Gasteiger partial charge >= 0.3 is 5.97 Å². The zero-order chi connectivity index (χ0) is 14.4. The molecule has 106 valence electrons. The summed E-state index contributed by atoms with van der Waals surface area (Å²) in [4.78, 5) is 12.7. The van der Waals surface area contributed by atoms with Crippen molar-refractivity contribution in [2.24, 2.45) is 0 Å². The maximum atomic E-state index is 10.6. The summed E-state index contributed by atoms with van der Waals surface area (Å²) in [5.41, 5.74) is 0.898. The largest absolute Gasteiger partial charge is 0.481 e. The highest BCUT2D eigenvalue weighted by Crippen LogP contribution is 2.26. The monoisotopic (exact) mass is 303 g/mol. The molecular formula is C14H19Cl2NO2. The second-order valence-corrected chi connectivity index (χ2v) is 5.58. The molecule has 1 aromatic rings. The van der Waals surface area contributed by atoms with Crippen LogP contribution in [-0.2, 0) is 11.3 Å². The van der Waals surface area contributed by atoms with E-state index in [9.17, 15) is 4.79 Å². The smallest absolute Gasteiger partial charge is 0.303 e. The first-order valence-corrected chi connectivity index (χ1v) is 7.06. The van der Waals surface area contributed by atoms with Crippen LogP contribution in [0, 0.1) is 0 Å². The summed E-state index contributed by atoms with van der Waals surface area (Å²) in [7, 11) is 0. The quantitative estimate of drug-likeness (QED) is 0.825. The summed E-state index contributed by atoms with van der Waals surface area (Å²) in [6, 6.07) is 5.76. The van der Waals surface area contributed by atoms with Crippen LogP contribution in [-0.4, -0.2) is 28.6 Å². The Balaban J connectivity index is 2.70. The normalized spacial score (nSPS) is 11.3. The average molecular weight is 304 g/mol. The van der Waals surface area contributed by atoms with E-state index in [0.717, 1.165) is 5.56 Å². The lowest BCUT2D eigenvalue weighted by atomic mass is 10.1. The molecule has 0 unspecified atom stereocenters. The molecule has 5 heteroatoms. The summed E-state index contributed by atoms with van der Waals surface area (Å²) in [5.74, 6) is -0.764. The molecular weight excluding hydrogens is 285 g/mol. The van der Waals surface area contributed by atoms with Crippen LogP contribution in [0.25, 0.3) is 0 Å². The Morgan fingerprint density at radius 1 is 1.32 bits per heavy atom. The Morgan fingerprint density at radius 2 is 1.89 bits per heavy atom. The zero-order valence-corrected chi connectivity index (χ0v) is 12.7. The number of carboxylic acids is 1. The van der Waals surface area contributed by atoms with Crippen molar-refractivity contribution in [1.29, 1.82) is 0 Å². The first-order valence-electron chi connectivity index (χ1n) is 6.30. The molecule has 0 saturated carbocycles. The molecule has 3 nitrogen and oxygen atoms in total. The van der Waals surface area contributed by atoms with Gasteiger partial charge in [-0.1, -0.05) is 29.3 Å². The van der Waals surface area contributed by atoms with Crippen LogP contribution in [0.1, 0.15) is 32.3 Å². The van der Waals surface area contributed by atoms with Crippen molar-refractivity contribution in [2.45, 2.75) is 39.3 Å². The van der Waals surface area contributed by atoms with Gasteiger partial charge < -0.3 is 5.11 Å². The van der Waals surface area contributed by atoms with Crippen LogP contribution in [0.2, 0.25) is 10.0 Å². The molecule has 0 atom stereocenters. The highest BCUT2D eigenvalue weighted by Gasteiger charge is 2.14. The third kappa shape index (κ3) is 5.39. The van der Waals surface area contributed by atoms with Crippen LogP contribution >= 0.6 is 23.2 Å². The van der Waals surface area contributed by atoms with E-state index in [4.69, 9.17) is 28.3 Å². The third-order valence-electron chi connectivity index (χ3n) is 2.99. The predicted molar refractivity (Wildman–Crippen MR) is 78.9 cm³/mol. The number of halogens is 2. The fourth-order valence-corrected chi connectivity index (χ4v) is 2.36.